The first-order valence-electron chi connectivity index (χ1n) is 12.8. The summed E-state index contributed by atoms with van der Waals surface area (Å²) < 4.78 is 11.8. The highest BCUT2D eigenvalue weighted by Gasteiger charge is 2.25. The number of hydrogen-bond acceptors (Lipinski definition) is 5. The molecule has 2 aromatic carbocycles. The van der Waals surface area contributed by atoms with Gasteiger partial charge in [-0.3, -0.25) is 4.79 Å². The van der Waals surface area contributed by atoms with Crippen LogP contribution in [0.25, 0.3) is 10.9 Å². The van der Waals surface area contributed by atoms with Crippen molar-refractivity contribution >= 4 is 22.9 Å². The number of carbonyl (C=O) groups excluding carboxylic acids is 2. The molecule has 0 N–H and O–H groups in total. The summed E-state index contributed by atoms with van der Waals surface area (Å²) in [5.74, 6) is 0.932. The molecule has 1 saturated heterocycles. The third kappa shape index (κ3) is 6.33. The number of unbranched alkanes of at least 4 members (excludes halogenated alkanes) is 1. The SMILES string of the molecule is CCCCOc1c(C)c(COC(=O)N2CCN(C(=O)CCc3ccccc3)CC2)nc2ccccc12. The third-order valence-corrected chi connectivity index (χ3v) is 6.62. The molecule has 0 radical (unpaired) electrons. The summed E-state index contributed by atoms with van der Waals surface area (Å²) in [6.45, 7) is 6.78. The Morgan fingerprint density at radius 1 is 0.944 bits per heavy atom. The molecular weight excluding hydrogens is 454 g/mol. The lowest BCUT2D eigenvalue weighted by atomic mass is 10.1. The molecule has 3 aromatic rings. The van der Waals surface area contributed by atoms with Gasteiger partial charge in [0.2, 0.25) is 5.91 Å². The van der Waals surface area contributed by atoms with Crippen LogP contribution >= 0.6 is 0 Å². The molecule has 1 fully saturated rings. The number of para-hydroxylation sites is 1. The van der Waals surface area contributed by atoms with Gasteiger partial charge in [-0.05, 0) is 37.5 Å². The number of fused-ring (bicyclic) bond motifs is 1. The molecule has 190 valence electrons. The molecule has 7 nitrogen and oxygen atoms in total. The predicted octanol–water partition coefficient (Wildman–Crippen LogP) is 5.14. The van der Waals surface area contributed by atoms with E-state index in [-0.39, 0.29) is 18.6 Å². The average molecular weight is 490 g/mol. The number of carbonyl (C=O) groups is 2. The van der Waals surface area contributed by atoms with E-state index in [1.165, 1.54) is 0 Å². The zero-order chi connectivity index (χ0) is 25.3. The third-order valence-electron chi connectivity index (χ3n) is 6.62. The van der Waals surface area contributed by atoms with Gasteiger partial charge in [0.25, 0.3) is 0 Å². The lowest BCUT2D eigenvalue weighted by molar-refractivity contribution is -0.132. The zero-order valence-electron chi connectivity index (χ0n) is 21.2. The highest BCUT2D eigenvalue weighted by molar-refractivity contribution is 5.86. The van der Waals surface area contributed by atoms with Gasteiger partial charge in [0, 0.05) is 43.5 Å². The van der Waals surface area contributed by atoms with Crippen molar-refractivity contribution in [3.63, 3.8) is 0 Å². The van der Waals surface area contributed by atoms with Crippen LogP contribution in [0.3, 0.4) is 0 Å². The van der Waals surface area contributed by atoms with Gasteiger partial charge < -0.3 is 19.3 Å². The van der Waals surface area contributed by atoms with Gasteiger partial charge in [-0.2, -0.15) is 0 Å². The minimum atomic E-state index is -0.380. The summed E-state index contributed by atoms with van der Waals surface area (Å²) in [7, 11) is 0. The van der Waals surface area contributed by atoms with Gasteiger partial charge >= 0.3 is 6.09 Å². The average Bonchev–Trinajstić information content (AvgIpc) is 2.92. The van der Waals surface area contributed by atoms with Gasteiger partial charge in [0.15, 0.2) is 0 Å². The maximum atomic E-state index is 12.8. The number of rotatable bonds is 9. The van der Waals surface area contributed by atoms with Crippen LogP contribution in [0.1, 0.15) is 43.0 Å². The van der Waals surface area contributed by atoms with E-state index in [1.807, 2.05) is 66.4 Å². The molecule has 2 heterocycles. The largest absolute Gasteiger partial charge is 0.493 e. The topological polar surface area (TPSA) is 72.0 Å². The highest BCUT2D eigenvalue weighted by Crippen LogP contribution is 2.31. The fourth-order valence-corrected chi connectivity index (χ4v) is 4.38. The van der Waals surface area contributed by atoms with Crippen molar-refractivity contribution < 1.29 is 19.1 Å². The van der Waals surface area contributed by atoms with Gasteiger partial charge in [-0.15, -0.1) is 0 Å². The number of nitrogens with zero attached hydrogens (tertiary/aromatic N) is 3. The number of piperazine rings is 1. The molecule has 4 rings (SSSR count). The van der Waals surface area contributed by atoms with Crippen molar-refractivity contribution in [3.05, 3.63) is 71.4 Å². The van der Waals surface area contributed by atoms with Crippen molar-refractivity contribution in [2.75, 3.05) is 32.8 Å². The number of aromatic nitrogens is 1. The molecule has 1 aliphatic heterocycles. The normalized spacial score (nSPS) is 13.6. The Bertz CT molecular complexity index is 1170. The Morgan fingerprint density at radius 2 is 1.64 bits per heavy atom. The molecule has 0 aliphatic carbocycles. The lowest BCUT2D eigenvalue weighted by Gasteiger charge is -2.34. The molecule has 36 heavy (non-hydrogen) atoms. The van der Waals surface area contributed by atoms with E-state index in [0.717, 1.165) is 47.0 Å². The van der Waals surface area contributed by atoms with Crippen molar-refractivity contribution in [2.45, 2.75) is 46.1 Å². The number of ether oxygens (including phenoxy) is 2. The van der Waals surface area contributed by atoms with E-state index in [2.05, 4.69) is 6.92 Å². The molecule has 1 aliphatic rings. The molecule has 0 spiro atoms. The molecule has 1 aromatic heterocycles. The minimum Gasteiger partial charge on any atom is -0.493 e. The summed E-state index contributed by atoms with van der Waals surface area (Å²) in [5, 5.41) is 0.967. The van der Waals surface area contributed by atoms with E-state index >= 15 is 0 Å². The Hall–Kier alpha value is -3.61. The predicted molar refractivity (Wildman–Crippen MR) is 140 cm³/mol. The molecule has 0 atom stereocenters. The second kappa shape index (κ2) is 12.4. The molecule has 0 bridgehead atoms. The number of benzene rings is 2. The second-order valence-electron chi connectivity index (χ2n) is 9.14. The Kier molecular flexibility index (Phi) is 8.76. The fraction of sp³-hybridized carbons (Fsp3) is 0.414. The summed E-state index contributed by atoms with van der Waals surface area (Å²) >= 11 is 0. The summed E-state index contributed by atoms with van der Waals surface area (Å²) in [6.07, 6.45) is 2.85. The quantitative estimate of drug-likeness (QED) is 0.390. The zero-order valence-corrected chi connectivity index (χ0v) is 21.2. The Labute approximate surface area is 213 Å². The Balaban J connectivity index is 1.31. The van der Waals surface area contributed by atoms with Gasteiger partial charge in [0.05, 0.1) is 17.8 Å². The molecule has 2 amide bonds. The molecule has 0 saturated carbocycles. The van der Waals surface area contributed by atoms with Crippen LogP contribution < -0.4 is 4.74 Å². The first-order chi connectivity index (χ1) is 17.6. The summed E-state index contributed by atoms with van der Waals surface area (Å²) in [6, 6.07) is 17.9. The van der Waals surface area contributed by atoms with Crippen molar-refractivity contribution in [3.8, 4) is 5.75 Å². The van der Waals surface area contributed by atoms with Gasteiger partial charge in [-0.25, -0.2) is 9.78 Å². The highest BCUT2D eigenvalue weighted by atomic mass is 16.6. The monoisotopic (exact) mass is 489 g/mol. The first kappa shape index (κ1) is 25.5. The van der Waals surface area contributed by atoms with E-state index in [1.54, 1.807) is 4.90 Å². The van der Waals surface area contributed by atoms with Crippen LogP contribution in [0.5, 0.6) is 5.75 Å². The van der Waals surface area contributed by atoms with Crippen LogP contribution in [-0.2, 0) is 22.6 Å². The van der Waals surface area contributed by atoms with E-state index in [9.17, 15) is 9.59 Å². The van der Waals surface area contributed by atoms with Crippen LogP contribution in [0.15, 0.2) is 54.6 Å². The van der Waals surface area contributed by atoms with Crippen LogP contribution in [0, 0.1) is 6.92 Å². The van der Waals surface area contributed by atoms with Crippen molar-refractivity contribution in [1.82, 2.24) is 14.8 Å². The number of amides is 2. The molecule has 7 heteroatoms. The van der Waals surface area contributed by atoms with E-state index < -0.39 is 0 Å². The van der Waals surface area contributed by atoms with Gasteiger partial charge in [0.1, 0.15) is 12.4 Å². The van der Waals surface area contributed by atoms with Crippen LogP contribution in [0.4, 0.5) is 4.79 Å². The maximum absolute atomic E-state index is 12.8. The molecular formula is C29H35N3O4. The number of pyridine rings is 1. The Morgan fingerprint density at radius 3 is 2.39 bits per heavy atom. The van der Waals surface area contributed by atoms with Crippen molar-refractivity contribution in [1.29, 1.82) is 0 Å². The smallest absolute Gasteiger partial charge is 0.410 e. The van der Waals surface area contributed by atoms with Crippen LogP contribution in [0.2, 0.25) is 0 Å². The minimum absolute atomic E-state index is 0.0792. The second-order valence-corrected chi connectivity index (χ2v) is 9.14. The lowest BCUT2D eigenvalue weighted by Crippen LogP contribution is -2.50. The standard InChI is InChI=1S/C29H35N3O4/c1-3-4-20-35-28-22(2)26(30-25-13-9-8-12-24(25)28)21-36-29(34)32-18-16-31(17-19-32)27(33)15-14-23-10-6-5-7-11-23/h5-13H,3-4,14-21H2,1-2H3. The fourth-order valence-electron chi connectivity index (χ4n) is 4.38. The summed E-state index contributed by atoms with van der Waals surface area (Å²) in [5.41, 5.74) is 3.57. The van der Waals surface area contributed by atoms with Crippen molar-refractivity contribution in [2.24, 2.45) is 0 Å². The first-order valence-corrected chi connectivity index (χ1v) is 12.8. The van der Waals surface area contributed by atoms with Gasteiger partial charge in [-0.1, -0.05) is 55.8 Å². The maximum Gasteiger partial charge on any atom is 0.410 e. The number of hydrogen-bond donors (Lipinski definition) is 0. The molecule has 0 unspecified atom stereocenters. The summed E-state index contributed by atoms with van der Waals surface area (Å²) in [4.78, 5) is 33.6. The van der Waals surface area contributed by atoms with E-state index in [0.29, 0.717) is 44.9 Å². The number of aryl methyl sites for hydroxylation is 1. The van der Waals surface area contributed by atoms with E-state index in [4.69, 9.17) is 14.5 Å². The van der Waals surface area contributed by atoms with Crippen LogP contribution in [-0.4, -0.2) is 59.6 Å².